The van der Waals surface area contributed by atoms with Gasteiger partial charge in [-0.3, -0.25) is 4.79 Å². The molecule has 0 aliphatic heterocycles. The number of carbonyl (C=O) groups is 2. The first-order valence-electron chi connectivity index (χ1n) is 17.4. The van der Waals surface area contributed by atoms with Gasteiger partial charge in [0.2, 0.25) is 0 Å². The van der Waals surface area contributed by atoms with Crippen LogP contribution in [-0.4, -0.2) is 24.5 Å². The molecule has 5 heteroatoms. The molecule has 44 heavy (non-hydrogen) atoms. The van der Waals surface area contributed by atoms with Crippen LogP contribution >= 0.6 is 0 Å². The number of hydrogen-bond acceptors (Lipinski definition) is 5. The quantitative estimate of drug-likeness (QED) is 0.0648. The van der Waals surface area contributed by atoms with Gasteiger partial charge in [0.15, 0.2) is 5.78 Å². The summed E-state index contributed by atoms with van der Waals surface area (Å²) in [5.41, 5.74) is 3.23. The van der Waals surface area contributed by atoms with Crippen LogP contribution in [0.1, 0.15) is 156 Å². The van der Waals surface area contributed by atoms with Gasteiger partial charge in [-0.2, -0.15) is 0 Å². The zero-order chi connectivity index (χ0) is 31.7. The number of ketones is 1. The smallest absolute Gasteiger partial charge is 0.338 e. The fraction of sp³-hybridized carbons (Fsp3) is 0.590. The molecule has 0 radical (unpaired) electrons. The van der Waals surface area contributed by atoms with Crippen LogP contribution in [0.4, 0.5) is 0 Å². The Bertz CT molecular complexity index is 1270. The number of benzene rings is 2. The van der Waals surface area contributed by atoms with Crippen LogP contribution in [-0.2, 0) is 22.5 Å². The average Bonchev–Trinajstić information content (AvgIpc) is 3.38. The van der Waals surface area contributed by atoms with Crippen molar-refractivity contribution in [3.05, 3.63) is 70.5 Å². The second-order valence-electron chi connectivity index (χ2n) is 12.6. The minimum atomic E-state index is -0.403. The summed E-state index contributed by atoms with van der Waals surface area (Å²) in [6, 6.07) is 12.9. The van der Waals surface area contributed by atoms with E-state index in [0.29, 0.717) is 46.4 Å². The summed E-state index contributed by atoms with van der Waals surface area (Å²) in [6.45, 7) is 11.6. The van der Waals surface area contributed by atoms with Gasteiger partial charge in [0.1, 0.15) is 11.3 Å². The lowest BCUT2D eigenvalue weighted by Crippen LogP contribution is -2.11. The van der Waals surface area contributed by atoms with E-state index in [0.717, 1.165) is 37.4 Å². The van der Waals surface area contributed by atoms with E-state index in [1.807, 2.05) is 38.1 Å². The minimum absolute atomic E-state index is 0.0928. The van der Waals surface area contributed by atoms with Crippen molar-refractivity contribution in [2.75, 3.05) is 6.61 Å². The molecule has 3 aromatic rings. The maximum atomic E-state index is 13.8. The lowest BCUT2D eigenvalue weighted by molar-refractivity contribution is 0.0378. The summed E-state index contributed by atoms with van der Waals surface area (Å²) >= 11 is 0. The molecule has 5 nitrogen and oxygen atoms in total. The van der Waals surface area contributed by atoms with E-state index >= 15 is 0 Å². The number of rotatable bonds is 22. The van der Waals surface area contributed by atoms with Crippen molar-refractivity contribution >= 4 is 22.7 Å². The maximum Gasteiger partial charge on any atom is 0.338 e. The molecule has 3 rings (SSSR count). The summed E-state index contributed by atoms with van der Waals surface area (Å²) in [5.74, 6) is 1.00. The van der Waals surface area contributed by atoms with Crippen molar-refractivity contribution in [3.8, 4) is 0 Å². The van der Waals surface area contributed by atoms with E-state index in [1.54, 1.807) is 18.2 Å². The Hall–Kier alpha value is -2.92. The molecule has 1 aromatic heterocycles. The zero-order valence-corrected chi connectivity index (χ0v) is 28.1. The lowest BCUT2D eigenvalue weighted by Gasteiger charge is -2.17. The standard InChI is InChI=1S/C39H56O5/c1-6-9-12-14-17-30(16-13-10-7-2)18-15-26-42-28-31-20-22-32(23-21-31)38(40)37-34-27-33(39(41)43-29(4)5)24-25-35(34)44-36(37)19-11-8-3/h20-25,27,29-30H,6-19,26,28H2,1-5H3. The Morgan fingerprint density at radius 2 is 1.39 bits per heavy atom. The van der Waals surface area contributed by atoms with Crippen LogP contribution in [0.2, 0.25) is 0 Å². The molecule has 1 unspecified atom stereocenters. The SMILES string of the molecule is CCCCCCC(CCCCC)CCCOCc1ccc(C(=O)c2c(CCCC)oc3ccc(C(=O)OC(C)C)cc23)cc1. The number of ether oxygens (including phenoxy) is 2. The van der Waals surface area contributed by atoms with E-state index in [1.165, 1.54) is 64.2 Å². The maximum absolute atomic E-state index is 13.8. The Kier molecular flexibility index (Phi) is 15.7. The van der Waals surface area contributed by atoms with Crippen LogP contribution in [0.3, 0.4) is 0 Å². The molecule has 0 aliphatic carbocycles. The fourth-order valence-corrected chi connectivity index (χ4v) is 5.86. The van der Waals surface area contributed by atoms with E-state index in [9.17, 15) is 9.59 Å². The largest absolute Gasteiger partial charge is 0.460 e. The van der Waals surface area contributed by atoms with Gasteiger partial charge < -0.3 is 13.9 Å². The first-order valence-corrected chi connectivity index (χ1v) is 17.4. The molecule has 0 amide bonds. The molecule has 0 N–H and O–H groups in total. The number of carbonyl (C=O) groups excluding carboxylic acids is 2. The van der Waals surface area contributed by atoms with E-state index in [-0.39, 0.29) is 11.9 Å². The monoisotopic (exact) mass is 604 g/mol. The van der Waals surface area contributed by atoms with Gasteiger partial charge in [0.05, 0.1) is 23.8 Å². The number of furan rings is 1. The van der Waals surface area contributed by atoms with Gasteiger partial charge >= 0.3 is 5.97 Å². The van der Waals surface area contributed by atoms with Gasteiger partial charge in [0.25, 0.3) is 0 Å². The van der Waals surface area contributed by atoms with Crippen molar-refractivity contribution in [3.63, 3.8) is 0 Å². The third-order valence-electron chi connectivity index (χ3n) is 8.39. The highest BCUT2D eigenvalue weighted by molar-refractivity contribution is 6.17. The van der Waals surface area contributed by atoms with Gasteiger partial charge in [-0.1, -0.05) is 109 Å². The third kappa shape index (κ3) is 11.2. The minimum Gasteiger partial charge on any atom is -0.460 e. The first-order chi connectivity index (χ1) is 21.4. The number of fused-ring (bicyclic) bond motifs is 1. The molecule has 0 spiro atoms. The average molecular weight is 605 g/mol. The van der Waals surface area contributed by atoms with Gasteiger partial charge in [0, 0.05) is 24.0 Å². The van der Waals surface area contributed by atoms with Gasteiger partial charge in [-0.05, 0) is 62.8 Å². The molecule has 0 aliphatic rings. The molecular formula is C39H56O5. The van der Waals surface area contributed by atoms with Crippen molar-refractivity contribution in [1.29, 1.82) is 0 Å². The zero-order valence-electron chi connectivity index (χ0n) is 28.1. The summed E-state index contributed by atoms with van der Waals surface area (Å²) in [5, 5.41) is 0.657. The first kappa shape index (κ1) is 35.6. The second kappa shape index (κ2) is 19.5. The molecule has 242 valence electrons. The van der Waals surface area contributed by atoms with Gasteiger partial charge in [-0.25, -0.2) is 4.79 Å². The number of unbranched alkanes of at least 4 members (excludes halogenated alkanes) is 6. The molecule has 0 saturated carbocycles. The summed E-state index contributed by atoms with van der Waals surface area (Å²) in [4.78, 5) is 26.4. The predicted octanol–water partition coefficient (Wildman–Crippen LogP) is 11.0. The molecule has 2 aromatic carbocycles. The van der Waals surface area contributed by atoms with E-state index in [4.69, 9.17) is 13.9 Å². The fourth-order valence-electron chi connectivity index (χ4n) is 5.86. The highest BCUT2D eigenvalue weighted by Crippen LogP contribution is 2.31. The van der Waals surface area contributed by atoms with Crippen molar-refractivity contribution < 1.29 is 23.5 Å². The van der Waals surface area contributed by atoms with Gasteiger partial charge in [-0.15, -0.1) is 0 Å². The molecule has 0 fully saturated rings. The number of aryl methyl sites for hydroxylation is 1. The summed E-state index contributed by atoms with van der Waals surface area (Å²) < 4.78 is 17.6. The third-order valence-corrected chi connectivity index (χ3v) is 8.39. The van der Waals surface area contributed by atoms with Crippen LogP contribution in [0.5, 0.6) is 0 Å². The lowest BCUT2D eigenvalue weighted by atomic mass is 9.91. The van der Waals surface area contributed by atoms with E-state index in [2.05, 4.69) is 20.8 Å². The van der Waals surface area contributed by atoms with Crippen LogP contribution in [0, 0.1) is 5.92 Å². The Balaban J connectivity index is 1.61. The van der Waals surface area contributed by atoms with E-state index < -0.39 is 5.97 Å². The van der Waals surface area contributed by atoms with Crippen LogP contribution in [0.25, 0.3) is 11.0 Å². The molecule has 0 bridgehead atoms. The van der Waals surface area contributed by atoms with Crippen LogP contribution in [0.15, 0.2) is 46.9 Å². The highest BCUT2D eigenvalue weighted by Gasteiger charge is 2.23. The van der Waals surface area contributed by atoms with Crippen molar-refractivity contribution in [2.24, 2.45) is 5.92 Å². The molecule has 1 heterocycles. The second-order valence-corrected chi connectivity index (χ2v) is 12.6. The number of esters is 1. The van der Waals surface area contributed by atoms with Crippen molar-refractivity contribution in [2.45, 2.75) is 137 Å². The Morgan fingerprint density at radius 3 is 2.07 bits per heavy atom. The predicted molar refractivity (Wildman–Crippen MR) is 181 cm³/mol. The molecule has 0 saturated heterocycles. The normalized spacial score (nSPS) is 12.2. The van der Waals surface area contributed by atoms with Crippen molar-refractivity contribution in [1.82, 2.24) is 0 Å². The number of hydrogen-bond donors (Lipinski definition) is 0. The Morgan fingerprint density at radius 1 is 0.750 bits per heavy atom. The Labute approximate surface area is 266 Å². The molecular weight excluding hydrogens is 548 g/mol. The summed E-state index contributed by atoms with van der Waals surface area (Å²) in [6.07, 6.45) is 16.7. The highest BCUT2D eigenvalue weighted by atomic mass is 16.5. The summed E-state index contributed by atoms with van der Waals surface area (Å²) in [7, 11) is 0. The van der Waals surface area contributed by atoms with Crippen LogP contribution < -0.4 is 0 Å². The molecule has 1 atom stereocenters. The topological polar surface area (TPSA) is 65.7 Å².